The van der Waals surface area contributed by atoms with E-state index in [0.717, 1.165) is 32.0 Å². The summed E-state index contributed by atoms with van der Waals surface area (Å²) in [6, 6.07) is 25.3. The van der Waals surface area contributed by atoms with Crippen molar-refractivity contribution in [1.29, 1.82) is 0 Å². The number of anilines is 1. The van der Waals surface area contributed by atoms with Crippen molar-refractivity contribution in [2.45, 2.75) is 36.7 Å². The van der Waals surface area contributed by atoms with E-state index in [9.17, 15) is 14.0 Å². The first-order chi connectivity index (χ1) is 17.4. The average Bonchev–Trinajstić information content (AvgIpc) is 2.99. The highest BCUT2D eigenvalue weighted by Crippen LogP contribution is 2.42. The second-order valence-corrected chi connectivity index (χ2v) is 9.99. The lowest BCUT2D eigenvalue weighted by molar-refractivity contribution is 0.0947. The summed E-state index contributed by atoms with van der Waals surface area (Å²) >= 11 is 1.53. The van der Waals surface area contributed by atoms with Crippen LogP contribution in [-0.2, 0) is 13.1 Å². The third-order valence-corrected chi connectivity index (χ3v) is 7.43. The first kappa shape index (κ1) is 23.8. The Kier molecular flexibility index (Phi) is 6.61. The molecule has 1 heterocycles. The van der Waals surface area contributed by atoms with Crippen molar-refractivity contribution in [3.05, 3.63) is 124 Å². The Morgan fingerprint density at radius 3 is 2.50 bits per heavy atom. The summed E-state index contributed by atoms with van der Waals surface area (Å²) < 4.78 is 13.2. The fourth-order valence-corrected chi connectivity index (χ4v) is 5.30. The number of benzene rings is 4. The van der Waals surface area contributed by atoms with Gasteiger partial charge >= 0.3 is 0 Å². The Hall–Kier alpha value is -3.90. The third kappa shape index (κ3) is 4.90. The van der Waals surface area contributed by atoms with Crippen LogP contribution in [0.2, 0.25) is 0 Å². The Balaban J connectivity index is 1.50. The first-order valence-corrected chi connectivity index (χ1v) is 12.5. The molecule has 0 saturated carbocycles. The molecule has 0 spiro atoms. The van der Waals surface area contributed by atoms with E-state index in [2.05, 4.69) is 23.5 Å². The number of carbonyl (C=O) groups excluding carboxylic acids is 2. The monoisotopic (exact) mass is 496 g/mol. The first-order valence-electron chi connectivity index (χ1n) is 11.7. The molecule has 0 aliphatic carbocycles. The van der Waals surface area contributed by atoms with Gasteiger partial charge in [0.15, 0.2) is 0 Å². The van der Waals surface area contributed by atoms with Gasteiger partial charge in [-0.15, -0.1) is 0 Å². The van der Waals surface area contributed by atoms with Gasteiger partial charge < -0.3 is 10.2 Å². The summed E-state index contributed by atoms with van der Waals surface area (Å²) in [7, 11) is 0. The highest BCUT2D eigenvalue weighted by atomic mass is 32.2. The SMILES string of the molecule is Cc1ccc(C)c(CN2C(=O)c3ccccc3Sc3ccc(C(=O)NCc4ccc(F)cc4)cc32)c1. The van der Waals surface area contributed by atoms with Gasteiger partial charge in [-0.05, 0) is 73.0 Å². The number of halogens is 1. The van der Waals surface area contributed by atoms with E-state index in [-0.39, 0.29) is 24.2 Å². The van der Waals surface area contributed by atoms with Gasteiger partial charge in [-0.3, -0.25) is 9.59 Å². The number of aryl methyl sites for hydroxylation is 2. The van der Waals surface area contributed by atoms with Crippen molar-refractivity contribution in [1.82, 2.24) is 5.32 Å². The van der Waals surface area contributed by atoms with Crippen molar-refractivity contribution in [3.63, 3.8) is 0 Å². The number of nitrogens with one attached hydrogen (secondary N) is 1. The van der Waals surface area contributed by atoms with Crippen LogP contribution in [0.4, 0.5) is 10.1 Å². The van der Waals surface area contributed by atoms with Crippen molar-refractivity contribution < 1.29 is 14.0 Å². The van der Waals surface area contributed by atoms with Crippen molar-refractivity contribution in [3.8, 4) is 0 Å². The molecule has 1 aliphatic rings. The predicted octanol–water partition coefficient (Wildman–Crippen LogP) is 6.68. The molecule has 0 fully saturated rings. The number of carbonyl (C=O) groups is 2. The van der Waals surface area contributed by atoms with Crippen LogP contribution in [-0.4, -0.2) is 11.8 Å². The number of amides is 2. The van der Waals surface area contributed by atoms with Gasteiger partial charge in [0.2, 0.25) is 0 Å². The maximum absolute atomic E-state index is 13.8. The quantitative estimate of drug-likeness (QED) is 0.335. The molecule has 4 aromatic rings. The second-order valence-electron chi connectivity index (χ2n) is 8.91. The molecule has 5 rings (SSSR count). The van der Waals surface area contributed by atoms with E-state index in [0.29, 0.717) is 23.4 Å². The molecular formula is C30H25FN2O2S. The summed E-state index contributed by atoms with van der Waals surface area (Å²) in [5, 5.41) is 2.89. The number of rotatable bonds is 5. The zero-order chi connectivity index (χ0) is 25.2. The van der Waals surface area contributed by atoms with Crippen LogP contribution in [0.1, 0.15) is 43.0 Å². The maximum Gasteiger partial charge on any atom is 0.259 e. The lowest BCUT2D eigenvalue weighted by atomic mass is 10.0. The Labute approximate surface area is 214 Å². The van der Waals surface area contributed by atoms with E-state index in [1.807, 2.05) is 44.2 Å². The summed E-state index contributed by atoms with van der Waals surface area (Å²) in [5.41, 5.74) is 5.90. The number of hydrogen-bond acceptors (Lipinski definition) is 3. The summed E-state index contributed by atoms with van der Waals surface area (Å²) in [4.78, 5) is 30.4. The molecule has 36 heavy (non-hydrogen) atoms. The van der Waals surface area contributed by atoms with Gasteiger partial charge in [0.1, 0.15) is 5.82 Å². The summed E-state index contributed by atoms with van der Waals surface area (Å²) in [6.45, 7) is 4.76. The Bertz CT molecular complexity index is 1470. The molecule has 2 amide bonds. The van der Waals surface area contributed by atoms with E-state index in [4.69, 9.17) is 0 Å². The van der Waals surface area contributed by atoms with Gasteiger partial charge in [-0.25, -0.2) is 4.39 Å². The Morgan fingerprint density at radius 1 is 0.917 bits per heavy atom. The van der Waals surface area contributed by atoms with Gasteiger partial charge in [-0.2, -0.15) is 0 Å². The number of hydrogen-bond donors (Lipinski definition) is 1. The predicted molar refractivity (Wildman–Crippen MR) is 141 cm³/mol. The fraction of sp³-hybridized carbons (Fsp3) is 0.133. The molecule has 180 valence electrons. The highest BCUT2D eigenvalue weighted by molar-refractivity contribution is 7.99. The zero-order valence-corrected chi connectivity index (χ0v) is 20.9. The minimum atomic E-state index is -0.317. The molecule has 0 saturated heterocycles. The van der Waals surface area contributed by atoms with Gasteiger partial charge in [0.05, 0.1) is 17.8 Å². The molecule has 1 N–H and O–H groups in total. The fourth-order valence-electron chi connectivity index (χ4n) is 4.25. The van der Waals surface area contributed by atoms with Gasteiger partial charge in [-0.1, -0.05) is 59.8 Å². The summed E-state index contributed by atoms with van der Waals surface area (Å²) in [5.74, 6) is -0.669. The highest BCUT2D eigenvalue weighted by Gasteiger charge is 2.28. The molecule has 0 aromatic heterocycles. The summed E-state index contributed by atoms with van der Waals surface area (Å²) in [6.07, 6.45) is 0. The van der Waals surface area contributed by atoms with Crippen LogP contribution in [0.25, 0.3) is 0 Å². The van der Waals surface area contributed by atoms with Gasteiger partial charge in [0, 0.05) is 21.9 Å². The van der Waals surface area contributed by atoms with Crippen LogP contribution in [0.15, 0.2) is 94.7 Å². The number of nitrogens with zero attached hydrogens (tertiary/aromatic N) is 1. The van der Waals surface area contributed by atoms with E-state index >= 15 is 0 Å². The second kappa shape index (κ2) is 9.99. The smallest absolute Gasteiger partial charge is 0.259 e. The minimum Gasteiger partial charge on any atom is -0.348 e. The molecule has 0 unspecified atom stereocenters. The van der Waals surface area contributed by atoms with Crippen LogP contribution in [0, 0.1) is 19.7 Å². The van der Waals surface area contributed by atoms with E-state index in [1.165, 1.54) is 23.9 Å². The average molecular weight is 497 g/mol. The lowest BCUT2D eigenvalue weighted by Gasteiger charge is -2.25. The molecule has 0 atom stereocenters. The molecule has 4 nitrogen and oxygen atoms in total. The van der Waals surface area contributed by atoms with Crippen LogP contribution >= 0.6 is 11.8 Å². The zero-order valence-electron chi connectivity index (χ0n) is 20.0. The number of fused-ring (bicyclic) bond motifs is 2. The van der Waals surface area contributed by atoms with Gasteiger partial charge in [0.25, 0.3) is 11.8 Å². The van der Waals surface area contributed by atoms with Crippen molar-refractivity contribution >= 4 is 29.3 Å². The van der Waals surface area contributed by atoms with Crippen molar-refractivity contribution in [2.75, 3.05) is 4.90 Å². The molecule has 1 aliphatic heterocycles. The lowest BCUT2D eigenvalue weighted by Crippen LogP contribution is -2.31. The largest absolute Gasteiger partial charge is 0.348 e. The molecule has 4 aromatic carbocycles. The van der Waals surface area contributed by atoms with Crippen LogP contribution < -0.4 is 10.2 Å². The molecular weight excluding hydrogens is 471 g/mol. The van der Waals surface area contributed by atoms with Crippen molar-refractivity contribution in [2.24, 2.45) is 0 Å². The Morgan fingerprint density at radius 2 is 1.69 bits per heavy atom. The topological polar surface area (TPSA) is 49.4 Å². The molecule has 0 radical (unpaired) electrons. The minimum absolute atomic E-state index is 0.0957. The molecule has 6 heteroatoms. The molecule has 0 bridgehead atoms. The normalized spacial score (nSPS) is 12.5. The van der Waals surface area contributed by atoms with E-state index < -0.39 is 0 Å². The maximum atomic E-state index is 13.8. The van der Waals surface area contributed by atoms with E-state index in [1.54, 1.807) is 29.2 Å². The standard InChI is InChI=1S/C30H25FN2O2S/c1-19-7-8-20(2)23(15-19)18-33-26-16-22(29(34)32-17-21-9-12-24(31)13-10-21)11-14-28(26)36-27-6-4-3-5-25(27)30(33)35/h3-16H,17-18H2,1-2H3,(H,32,34). The van der Waals surface area contributed by atoms with Crippen LogP contribution in [0.3, 0.4) is 0 Å². The van der Waals surface area contributed by atoms with Crippen LogP contribution in [0.5, 0.6) is 0 Å². The third-order valence-electron chi connectivity index (χ3n) is 6.29.